The zero-order valence-corrected chi connectivity index (χ0v) is 16.9. The van der Waals surface area contributed by atoms with Gasteiger partial charge in [0.15, 0.2) is 6.10 Å². The average molecular weight is 399 g/mol. The van der Waals surface area contributed by atoms with Gasteiger partial charge in [-0.25, -0.2) is 4.79 Å². The zero-order chi connectivity index (χ0) is 20.4. The highest BCUT2D eigenvalue weighted by Gasteiger charge is 2.36. The van der Waals surface area contributed by atoms with Gasteiger partial charge in [0.1, 0.15) is 6.04 Å². The molecule has 2 amide bonds. The number of carbonyl (C=O) groups excluding carboxylic acids is 3. The Morgan fingerprint density at radius 3 is 2.66 bits per heavy atom. The summed E-state index contributed by atoms with van der Waals surface area (Å²) in [5.74, 6) is -0.845. The minimum atomic E-state index is -0.862. The Morgan fingerprint density at radius 1 is 1.14 bits per heavy atom. The molecule has 29 heavy (non-hydrogen) atoms. The van der Waals surface area contributed by atoms with Crippen LogP contribution in [0.1, 0.15) is 68.6 Å². The van der Waals surface area contributed by atoms with Gasteiger partial charge in [0, 0.05) is 12.6 Å². The molecule has 2 fully saturated rings. The van der Waals surface area contributed by atoms with Crippen molar-refractivity contribution in [3.8, 4) is 0 Å². The maximum atomic E-state index is 12.6. The summed E-state index contributed by atoms with van der Waals surface area (Å²) in [6.45, 7) is 2.44. The smallest absolute Gasteiger partial charge is 0.338 e. The fourth-order valence-electron chi connectivity index (χ4n) is 4.58. The Kier molecular flexibility index (Phi) is 5.74. The van der Waals surface area contributed by atoms with E-state index in [0.717, 1.165) is 50.8 Å². The Hall–Kier alpha value is -2.57. The van der Waals surface area contributed by atoms with Gasteiger partial charge in [0.25, 0.3) is 5.91 Å². The topological polar surface area (TPSA) is 87.7 Å². The van der Waals surface area contributed by atoms with Gasteiger partial charge in [-0.3, -0.25) is 9.59 Å². The standard InChI is InChI=1S/C22H29N3O4/c1-14(20(26)23-16-7-4-2-3-5-8-16)29-22(28)15-10-11-18-17(13-15)24-21(27)19-9-6-12-25(18)19/h10-11,13-14,16,19H,2-9,12H2,1H3,(H,23,26)(H,24,27)/t14-,19-/m1/s1. The van der Waals surface area contributed by atoms with E-state index in [-0.39, 0.29) is 23.9 Å². The van der Waals surface area contributed by atoms with E-state index in [9.17, 15) is 14.4 Å². The second-order valence-corrected chi connectivity index (χ2v) is 8.32. The molecule has 3 aliphatic rings. The van der Waals surface area contributed by atoms with Crippen molar-refractivity contribution in [2.24, 2.45) is 0 Å². The van der Waals surface area contributed by atoms with Crippen LogP contribution < -0.4 is 15.5 Å². The van der Waals surface area contributed by atoms with Crippen molar-refractivity contribution >= 4 is 29.2 Å². The van der Waals surface area contributed by atoms with E-state index in [0.29, 0.717) is 11.3 Å². The van der Waals surface area contributed by atoms with Crippen LogP contribution in [-0.4, -0.2) is 42.5 Å². The van der Waals surface area contributed by atoms with Gasteiger partial charge in [0.05, 0.1) is 16.9 Å². The quantitative estimate of drug-likeness (QED) is 0.600. The number of fused-ring (bicyclic) bond motifs is 3. The number of amides is 2. The van der Waals surface area contributed by atoms with E-state index in [1.54, 1.807) is 19.1 Å². The number of nitrogens with zero attached hydrogens (tertiary/aromatic N) is 1. The first-order chi connectivity index (χ1) is 14.0. The summed E-state index contributed by atoms with van der Waals surface area (Å²) >= 11 is 0. The molecule has 2 N–H and O–H groups in total. The Bertz CT molecular complexity index is 801. The third-order valence-corrected chi connectivity index (χ3v) is 6.21. The number of esters is 1. The van der Waals surface area contributed by atoms with Gasteiger partial charge >= 0.3 is 5.97 Å². The Balaban J connectivity index is 1.39. The molecule has 2 aliphatic heterocycles. The summed E-state index contributed by atoms with van der Waals surface area (Å²) in [6, 6.07) is 5.23. The van der Waals surface area contributed by atoms with E-state index in [1.165, 1.54) is 12.8 Å². The van der Waals surface area contributed by atoms with Crippen LogP contribution in [-0.2, 0) is 14.3 Å². The van der Waals surface area contributed by atoms with Gasteiger partial charge in [0.2, 0.25) is 5.91 Å². The van der Waals surface area contributed by atoms with Crippen LogP contribution in [0.2, 0.25) is 0 Å². The summed E-state index contributed by atoms with van der Waals surface area (Å²) in [5.41, 5.74) is 1.89. The van der Waals surface area contributed by atoms with E-state index >= 15 is 0 Å². The number of benzene rings is 1. The molecule has 7 nitrogen and oxygen atoms in total. The lowest BCUT2D eigenvalue weighted by atomic mass is 10.1. The first-order valence-electron chi connectivity index (χ1n) is 10.8. The summed E-state index contributed by atoms with van der Waals surface area (Å²) in [4.78, 5) is 39.4. The molecule has 2 atom stereocenters. The SMILES string of the molecule is C[C@@H](OC(=O)c1ccc2c(c1)NC(=O)[C@H]1CCCN21)C(=O)NC1CCCCCC1. The lowest BCUT2D eigenvalue weighted by Gasteiger charge is -2.33. The molecular weight excluding hydrogens is 370 g/mol. The Morgan fingerprint density at radius 2 is 1.90 bits per heavy atom. The molecule has 4 rings (SSSR count). The van der Waals surface area contributed by atoms with Crippen LogP contribution in [0.4, 0.5) is 11.4 Å². The lowest BCUT2D eigenvalue weighted by Crippen LogP contribution is -2.44. The molecule has 0 spiro atoms. The molecule has 0 bridgehead atoms. The van der Waals surface area contributed by atoms with Gasteiger partial charge in [-0.2, -0.15) is 0 Å². The summed E-state index contributed by atoms with van der Waals surface area (Å²) in [7, 11) is 0. The monoisotopic (exact) mass is 399 g/mol. The van der Waals surface area contributed by atoms with Gasteiger partial charge in [-0.1, -0.05) is 25.7 Å². The Labute approximate surface area is 171 Å². The third kappa shape index (κ3) is 4.23. The predicted octanol–water partition coefficient (Wildman–Crippen LogP) is 2.99. The molecular formula is C22H29N3O4. The molecule has 1 aromatic rings. The van der Waals surface area contributed by atoms with E-state index < -0.39 is 12.1 Å². The van der Waals surface area contributed by atoms with E-state index in [2.05, 4.69) is 15.5 Å². The number of carbonyl (C=O) groups is 3. The fourth-order valence-corrected chi connectivity index (χ4v) is 4.58. The maximum absolute atomic E-state index is 12.6. The molecule has 0 unspecified atom stereocenters. The molecule has 0 aromatic heterocycles. The number of rotatable bonds is 4. The second kappa shape index (κ2) is 8.43. The molecule has 1 saturated carbocycles. The van der Waals surface area contributed by atoms with Crippen molar-refractivity contribution in [1.82, 2.24) is 5.32 Å². The van der Waals surface area contributed by atoms with Crippen LogP contribution in [0.3, 0.4) is 0 Å². The first kappa shape index (κ1) is 19.7. The molecule has 1 saturated heterocycles. The van der Waals surface area contributed by atoms with E-state index in [1.807, 2.05) is 6.07 Å². The number of ether oxygens (including phenoxy) is 1. The van der Waals surface area contributed by atoms with Crippen LogP contribution in [0, 0.1) is 0 Å². The lowest BCUT2D eigenvalue weighted by molar-refractivity contribution is -0.129. The summed E-state index contributed by atoms with van der Waals surface area (Å²) in [5, 5.41) is 5.91. The van der Waals surface area contributed by atoms with Crippen molar-refractivity contribution in [1.29, 1.82) is 0 Å². The highest BCUT2D eigenvalue weighted by Crippen LogP contribution is 2.37. The minimum Gasteiger partial charge on any atom is -0.449 e. The van der Waals surface area contributed by atoms with Crippen molar-refractivity contribution in [2.45, 2.75) is 76.5 Å². The number of anilines is 2. The number of hydrogen-bond donors (Lipinski definition) is 2. The molecule has 1 aromatic carbocycles. The van der Waals surface area contributed by atoms with Crippen molar-refractivity contribution in [3.05, 3.63) is 23.8 Å². The van der Waals surface area contributed by atoms with E-state index in [4.69, 9.17) is 4.74 Å². The summed E-state index contributed by atoms with van der Waals surface area (Å²) in [6.07, 6.45) is 7.60. The highest BCUT2D eigenvalue weighted by molar-refractivity contribution is 6.05. The van der Waals surface area contributed by atoms with Crippen LogP contribution in [0.5, 0.6) is 0 Å². The van der Waals surface area contributed by atoms with Gasteiger partial charge < -0.3 is 20.3 Å². The predicted molar refractivity (Wildman–Crippen MR) is 110 cm³/mol. The molecule has 2 heterocycles. The van der Waals surface area contributed by atoms with Crippen molar-refractivity contribution < 1.29 is 19.1 Å². The molecule has 0 radical (unpaired) electrons. The highest BCUT2D eigenvalue weighted by atomic mass is 16.5. The third-order valence-electron chi connectivity index (χ3n) is 6.21. The van der Waals surface area contributed by atoms with Gasteiger partial charge in [-0.15, -0.1) is 0 Å². The normalized spacial score (nSPS) is 22.7. The molecule has 1 aliphatic carbocycles. The number of hydrogen-bond acceptors (Lipinski definition) is 5. The largest absolute Gasteiger partial charge is 0.449 e. The zero-order valence-electron chi connectivity index (χ0n) is 16.9. The van der Waals surface area contributed by atoms with Crippen LogP contribution in [0.15, 0.2) is 18.2 Å². The van der Waals surface area contributed by atoms with Crippen LogP contribution in [0.25, 0.3) is 0 Å². The first-order valence-corrected chi connectivity index (χ1v) is 10.8. The fraction of sp³-hybridized carbons (Fsp3) is 0.591. The summed E-state index contributed by atoms with van der Waals surface area (Å²) < 4.78 is 5.40. The molecule has 7 heteroatoms. The number of nitrogens with one attached hydrogen (secondary N) is 2. The maximum Gasteiger partial charge on any atom is 0.338 e. The average Bonchev–Trinajstić information content (AvgIpc) is 3.07. The van der Waals surface area contributed by atoms with Crippen molar-refractivity contribution in [3.63, 3.8) is 0 Å². The molecule has 156 valence electrons. The minimum absolute atomic E-state index is 0.0309. The van der Waals surface area contributed by atoms with Gasteiger partial charge in [-0.05, 0) is 50.8 Å². The van der Waals surface area contributed by atoms with Crippen LogP contribution >= 0.6 is 0 Å². The second-order valence-electron chi connectivity index (χ2n) is 8.32. The van der Waals surface area contributed by atoms with Crippen molar-refractivity contribution in [2.75, 3.05) is 16.8 Å².